The van der Waals surface area contributed by atoms with E-state index in [1.807, 2.05) is 54.2 Å². The largest absolute Gasteiger partial charge is 0.309 e. The van der Waals surface area contributed by atoms with E-state index in [0.717, 1.165) is 37.1 Å². The minimum Gasteiger partial charge on any atom is -0.309 e. The van der Waals surface area contributed by atoms with Crippen molar-refractivity contribution in [2.24, 2.45) is 0 Å². The lowest BCUT2D eigenvalue weighted by Gasteiger charge is -2.24. The summed E-state index contributed by atoms with van der Waals surface area (Å²) in [5.74, 6) is 0. The molecule has 1 aromatic carbocycles. The first kappa shape index (κ1) is 21.1. The third-order valence-electron chi connectivity index (χ3n) is 3.97. The summed E-state index contributed by atoms with van der Waals surface area (Å²) >= 11 is 0. The molecule has 0 heterocycles. The predicted octanol–water partition coefficient (Wildman–Crippen LogP) is 2.20. The van der Waals surface area contributed by atoms with Gasteiger partial charge in [0.2, 0.25) is 10.0 Å². The third kappa shape index (κ3) is 6.51. The maximum absolute atomic E-state index is 13.1. The molecule has 1 aromatic rings. The molecule has 0 unspecified atom stereocenters. The van der Waals surface area contributed by atoms with E-state index in [9.17, 15) is 8.42 Å². The molecule has 0 saturated heterocycles. The molecule has 24 heavy (non-hydrogen) atoms. The van der Waals surface area contributed by atoms with Crippen molar-refractivity contribution in [2.45, 2.75) is 31.6 Å². The van der Waals surface area contributed by atoms with Crippen LogP contribution in [0.2, 0.25) is 0 Å². The summed E-state index contributed by atoms with van der Waals surface area (Å²) in [6.45, 7) is 6.73. The van der Waals surface area contributed by atoms with E-state index >= 15 is 0 Å². The Balaban J connectivity index is 2.96. The quantitative estimate of drug-likeness (QED) is 0.645. The van der Waals surface area contributed by atoms with E-state index in [1.165, 1.54) is 0 Å². The minimum atomic E-state index is -3.45. The van der Waals surface area contributed by atoms with Crippen molar-refractivity contribution in [3.8, 4) is 0 Å². The van der Waals surface area contributed by atoms with Crippen LogP contribution in [0.3, 0.4) is 0 Å². The highest BCUT2D eigenvalue weighted by Crippen LogP contribution is 2.21. The molecule has 0 fully saturated rings. The molecule has 0 aromatic heterocycles. The fourth-order valence-electron chi connectivity index (χ4n) is 2.71. The number of benzene rings is 1. The maximum atomic E-state index is 13.1. The van der Waals surface area contributed by atoms with Gasteiger partial charge in [0.15, 0.2) is 0 Å². The Bertz CT molecular complexity index is 599. The molecular weight excluding hydrogens is 322 g/mol. The summed E-state index contributed by atoms with van der Waals surface area (Å²) in [6.07, 6.45) is 1.66. The maximum Gasteiger partial charge on any atom is 0.243 e. The van der Waals surface area contributed by atoms with Crippen LogP contribution < -0.4 is 0 Å². The molecule has 6 heteroatoms. The molecular formula is C18H33N3O2S. The highest BCUT2D eigenvalue weighted by Gasteiger charge is 2.25. The van der Waals surface area contributed by atoms with Crippen LogP contribution in [0.15, 0.2) is 23.1 Å². The van der Waals surface area contributed by atoms with Gasteiger partial charge in [-0.2, -0.15) is 4.31 Å². The number of hydrogen-bond donors (Lipinski definition) is 0. The van der Waals surface area contributed by atoms with Crippen LogP contribution in [0.4, 0.5) is 0 Å². The first-order chi connectivity index (χ1) is 11.1. The van der Waals surface area contributed by atoms with Crippen LogP contribution in [0.5, 0.6) is 0 Å². The van der Waals surface area contributed by atoms with Crippen LogP contribution >= 0.6 is 0 Å². The van der Waals surface area contributed by atoms with Gasteiger partial charge in [0.05, 0.1) is 4.90 Å². The molecule has 0 spiro atoms. The van der Waals surface area contributed by atoms with E-state index in [4.69, 9.17) is 0 Å². The average molecular weight is 356 g/mol. The van der Waals surface area contributed by atoms with Gasteiger partial charge in [0.1, 0.15) is 0 Å². The third-order valence-corrected chi connectivity index (χ3v) is 6.03. The van der Waals surface area contributed by atoms with E-state index < -0.39 is 10.0 Å². The number of nitrogens with zero attached hydrogens (tertiary/aromatic N) is 3. The SMILES string of the molecule is Cc1ccc(S(=O)(=O)N(CCCN(C)C)CCCN(C)C)c(C)c1. The Morgan fingerprint density at radius 3 is 1.75 bits per heavy atom. The van der Waals surface area contributed by atoms with Gasteiger partial charge in [-0.15, -0.1) is 0 Å². The standard InChI is InChI=1S/C18H33N3O2S/c1-16-9-10-18(17(2)15-16)24(22,23)21(13-7-11-19(3)4)14-8-12-20(5)6/h9-10,15H,7-8,11-14H2,1-6H3. The topological polar surface area (TPSA) is 43.9 Å². The van der Waals surface area contributed by atoms with E-state index in [1.54, 1.807) is 10.4 Å². The molecule has 0 aliphatic rings. The van der Waals surface area contributed by atoms with Crippen LogP contribution in [0, 0.1) is 13.8 Å². The number of sulfonamides is 1. The fraction of sp³-hybridized carbons (Fsp3) is 0.667. The van der Waals surface area contributed by atoms with E-state index in [0.29, 0.717) is 18.0 Å². The summed E-state index contributed by atoms with van der Waals surface area (Å²) in [5.41, 5.74) is 1.90. The molecule has 0 atom stereocenters. The van der Waals surface area contributed by atoms with Crippen LogP contribution in [-0.2, 0) is 10.0 Å². The molecule has 0 aliphatic heterocycles. The monoisotopic (exact) mass is 355 g/mol. The molecule has 138 valence electrons. The Morgan fingerprint density at radius 1 is 0.833 bits per heavy atom. The summed E-state index contributed by atoms with van der Waals surface area (Å²) in [6, 6.07) is 5.55. The lowest BCUT2D eigenvalue weighted by molar-refractivity contribution is 0.326. The Kier molecular flexibility index (Phi) is 8.36. The molecule has 0 aliphatic carbocycles. The Labute approximate surface area is 148 Å². The zero-order chi connectivity index (χ0) is 18.3. The van der Waals surface area contributed by atoms with Gasteiger partial charge in [-0.3, -0.25) is 0 Å². The van der Waals surface area contributed by atoms with Gasteiger partial charge in [-0.25, -0.2) is 8.42 Å². The number of aryl methyl sites for hydroxylation is 2. The normalized spacial score (nSPS) is 12.5. The van der Waals surface area contributed by atoms with E-state index in [2.05, 4.69) is 9.80 Å². The van der Waals surface area contributed by atoms with Gasteiger partial charge in [-0.1, -0.05) is 17.7 Å². The van der Waals surface area contributed by atoms with Gasteiger partial charge in [-0.05, 0) is 79.6 Å². The molecule has 1 rings (SSSR count). The van der Waals surface area contributed by atoms with Crippen molar-refractivity contribution >= 4 is 10.0 Å². The highest BCUT2D eigenvalue weighted by molar-refractivity contribution is 7.89. The minimum absolute atomic E-state index is 0.433. The first-order valence-corrected chi connectivity index (χ1v) is 9.95. The summed E-state index contributed by atoms with van der Waals surface area (Å²) in [7, 11) is 4.59. The second-order valence-electron chi connectivity index (χ2n) is 6.99. The Morgan fingerprint density at radius 2 is 1.33 bits per heavy atom. The molecule has 0 radical (unpaired) electrons. The second-order valence-corrected chi connectivity index (χ2v) is 8.89. The molecule has 0 saturated carbocycles. The molecule has 5 nitrogen and oxygen atoms in total. The lowest BCUT2D eigenvalue weighted by atomic mass is 10.2. The summed E-state index contributed by atoms with van der Waals surface area (Å²) < 4.78 is 27.9. The highest BCUT2D eigenvalue weighted by atomic mass is 32.2. The van der Waals surface area contributed by atoms with Gasteiger partial charge < -0.3 is 9.80 Å². The first-order valence-electron chi connectivity index (χ1n) is 8.51. The van der Waals surface area contributed by atoms with E-state index in [-0.39, 0.29) is 0 Å². The lowest BCUT2D eigenvalue weighted by Crippen LogP contribution is -2.35. The van der Waals surface area contributed by atoms with Crippen molar-refractivity contribution in [2.75, 3.05) is 54.4 Å². The van der Waals surface area contributed by atoms with Crippen molar-refractivity contribution in [1.29, 1.82) is 0 Å². The number of rotatable bonds is 10. The summed E-state index contributed by atoms with van der Waals surface area (Å²) in [5, 5.41) is 0. The van der Waals surface area contributed by atoms with Crippen molar-refractivity contribution in [3.05, 3.63) is 29.3 Å². The molecule has 0 N–H and O–H groups in total. The molecule has 0 amide bonds. The van der Waals surface area contributed by atoms with Gasteiger partial charge in [0.25, 0.3) is 0 Å². The Hall–Kier alpha value is -0.950. The van der Waals surface area contributed by atoms with Crippen LogP contribution in [0.25, 0.3) is 0 Å². The summed E-state index contributed by atoms with van der Waals surface area (Å²) in [4.78, 5) is 4.60. The number of hydrogen-bond acceptors (Lipinski definition) is 4. The smallest absolute Gasteiger partial charge is 0.243 e. The molecule has 0 bridgehead atoms. The van der Waals surface area contributed by atoms with Crippen LogP contribution in [0.1, 0.15) is 24.0 Å². The zero-order valence-electron chi connectivity index (χ0n) is 16.0. The predicted molar refractivity (Wildman–Crippen MR) is 101 cm³/mol. The van der Waals surface area contributed by atoms with Gasteiger partial charge in [0, 0.05) is 13.1 Å². The van der Waals surface area contributed by atoms with Gasteiger partial charge >= 0.3 is 0 Å². The van der Waals surface area contributed by atoms with Crippen molar-refractivity contribution < 1.29 is 8.42 Å². The zero-order valence-corrected chi connectivity index (χ0v) is 16.9. The second kappa shape index (κ2) is 9.51. The van der Waals surface area contributed by atoms with Crippen molar-refractivity contribution in [1.82, 2.24) is 14.1 Å². The average Bonchev–Trinajstić information content (AvgIpc) is 2.44. The fourth-order valence-corrected chi connectivity index (χ4v) is 4.43. The van der Waals surface area contributed by atoms with Crippen LogP contribution in [-0.4, -0.2) is 76.9 Å². The van der Waals surface area contributed by atoms with Crippen molar-refractivity contribution in [3.63, 3.8) is 0 Å².